The van der Waals surface area contributed by atoms with Crippen LogP contribution in [0.15, 0.2) is 72.0 Å². The van der Waals surface area contributed by atoms with Crippen LogP contribution in [0, 0.1) is 0 Å². The Morgan fingerprint density at radius 3 is 2.61 bits per heavy atom. The summed E-state index contributed by atoms with van der Waals surface area (Å²) in [5, 5.41) is 8.56. The summed E-state index contributed by atoms with van der Waals surface area (Å²) in [5.41, 5.74) is 3.21. The second-order valence-electron chi connectivity index (χ2n) is 7.81. The van der Waals surface area contributed by atoms with Gasteiger partial charge in [0.1, 0.15) is 5.69 Å². The van der Waals surface area contributed by atoms with Crippen LogP contribution in [0.4, 0.5) is 14.9 Å². The molecule has 1 aliphatic heterocycles. The first-order chi connectivity index (χ1) is 17.5. The molecule has 2 aromatic carbocycles. The van der Waals surface area contributed by atoms with E-state index in [9.17, 15) is 14.0 Å². The van der Waals surface area contributed by atoms with Crippen molar-refractivity contribution in [3.8, 4) is 11.5 Å². The molecule has 2 heterocycles. The Morgan fingerprint density at radius 1 is 1.14 bits per heavy atom. The van der Waals surface area contributed by atoms with Crippen LogP contribution in [0.25, 0.3) is 0 Å². The van der Waals surface area contributed by atoms with E-state index in [0.717, 1.165) is 11.1 Å². The quantitative estimate of drug-likeness (QED) is 0.410. The third kappa shape index (κ3) is 5.83. The molecule has 0 spiro atoms. The summed E-state index contributed by atoms with van der Waals surface area (Å²) in [4.78, 5) is 29.2. The van der Waals surface area contributed by atoms with E-state index >= 15 is 0 Å². The molecular formula is C26H25FN4O4S. The summed E-state index contributed by atoms with van der Waals surface area (Å²) >= 11 is 1.20. The lowest BCUT2D eigenvalue weighted by molar-refractivity contribution is 0.102. The van der Waals surface area contributed by atoms with Gasteiger partial charge in [0, 0.05) is 17.4 Å². The number of methoxy groups -OCH3 is 1. The van der Waals surface area contributed by atoms with Crippen molar-refractivity contribution in [1.82, 2.24) is 9.99 Å². The predicted octanol–water partition coefficient (Wildman–Crippen LogP) is 5.50. The van der Waals surface area contributed by atoms with E-state index in [-0.39, 0.29) is 28.7 Å². The number of alkyl halides is 1. The first-order valence-electron chi connectivity index (χ1n) is 11.3. The lowest BCUT2D eigenvalue weighted by atomic mass is 10.0. The Bertz CT molecular complexity index is 1250. The molecule has 1 unspecified atom stereocenters. The Hall–Kier alpha value is -3.92. The minimum absolute atomic E-state index is 0.149. The molecule has 186 valence electrons. The van der Waals surface area contributed by atoms with Gasteiger partial charge in [-0.1, -0.05) is 36.9 Å². The Morgan fingerprint density at radius 2 is 1.94 bits per heavy atom. The highest BCUT2D eigenvalue weighted by atomic mass is 32.2. The largest absolute Gasteiger partial charge is 0.493 e. The normalized spacial score (nSPS) is 15.3. The number of hydrogen-bond acceptors (Lipinski definition) is 7. The average molecular weight is 509 g/mol. The van der Waals surface area contributed by atoms with Gasteiger partial charge in [0.05, 0.1) is 24.6 Å². The first kappa shape index (κ1) is 25.2. The maximum atomic E-state index is 12.9. The summed E-state index contributed by atoms with van der Waals surface area (Å²) in [6.45, 7) is 1.25. The molecule has 0 radical (unpaired) electrons. The smallest absolute Gasteiger partial charge is 0.302 e. The van der Waals surface area contributed by atoms with Crippen molar-refractivity contribution in [1.29, 1.82) is 0 Å². The highest BCUT2D eigenvalue weighted by Crippen LogP contribution is 2.34. The molecule has 3 aromatic rings. The molecule has 0 saturated carbocycles. The molecule has 2 amide bonds. The lowest BCUT2D eigenvalue weighted by Gasteiger charge is -2.28. The van der Waals surface area contributed by atoms with E-state index in [2.05, 4.69) is 15.4 Å². The molecule has 0 bridgehead atoms. The third-order valence-electron chi connectivity index (χ3n) is 5.47. The maximum Gasteiger partial charge on any atom is 0.302 e. The van der Waals surface area contributed by atoms with Gasteiger partial charge in [-0.05, 0) is 54.4 Å². The summed E-state index contributed by atoms with van der Waals surface area (Å²) in [7, 11) is 1.48. The monoisotopic (exact) mass is 508 g/mol. The lowest BCUT2D eigenvalue weighted by Crippen LogP contribution is -2.34. The zero-order valence-corrected chi connectivity index (χ0v) is 20.6. The fourth-order valence-electron chi connectivity index (χ4n) is 3.66. The fraction of sp³-hybridized carbons (Fsp3) is 0.231. The number of rotatable bonds is 9. The standard InChI is InChI=1S/C26H25FN4O4S/c1-3-23-24(18-9-12-21(34-2)22(14-18)35-16-27)30-31(26(33)36-23)15-17-7-10-19(11-8-17)29-25(32)20-6-4-5-13-28-20/h4-14,23H,3,15-16H2,1-2H3,(H,29,32). The second kappa shape index (κ2) is 11.7. The van der Waals surface area contributed by atoms with E-state index in [1.54, 1.807) is 48.7 Å². The topological polar surface area (TPSA) is 93.1 Å². The van der Waals surface area contributed by atoms with Crippen molar-refractivity contribution in [2.24, 2.45) is 5.10 Å². The van der Waals surface area contributed by atoms with Gasteiger partial charge in [0.15, 0.2) is 11.5 Å². The number of halogens is 1. The van der Waals surface area contributed by atoms with E-state index in [0.29, 0.717) is 29.3 Å². The molecule has 10 heteroatoms. The van der Waals surface area contributed by atoms with Crippen LogP contribution in [-0.2, 0) is 6.54 Å². The van der Waals surface area contributed by atoms with Gasteiger partial charge < -0.3 is 14.8 Å². The number of ether oxygens (including phenoxy) is 2. The minimum atomic E-state index is -0.985. The van der Waals surface area contributed by atoms with Crippen LogP contribution in [0.2, 0.25) is 0 Å². The van der Waals surface area contributed by atoms with Crippen LogP contribution < -0.4 is 14.8 Å². The van der Waals surface area contributed by atoms with Crippen LogP contribution in [0.1, 0.15) is 35.0 Å². The van der Waals surface area contributed by atoms with E-state index < -0.39 is 6.86 Å². The van der Waals surface area contributed by atoms with E-state index in [4.69, 9.17) is 9.47 Å². The molecule has 1 N–H and O–H groups in total. The number of pyridine rings is 1. The number of anilines is 1. The van der Waals surface area contributed by atoms with Gasteiger partial charge in [-0.25, -0.2) is 9.40 Å². The molecule has 8 nitrogen and oxygen atoms in total. The number of thioether (sulfide) groups is 1. The highest BCUT2D eigenvalue weighted by Gasteiger charge is 2.30. The van der Waals surface area contributed by atoms with E-state index in [1.165, 1.54) is 23.9 Å². The number of amides is 2. The number of benzene rings is 2. The predicted molar refractivity (Wildman–Crippen MR) is 137 cm³/mol. The zero-order valence-electron chi connectivity index (χ0n) is 19.8. The van der Waals surface area contributed by atoms with Crippen LogP contribution in [0.3, 0.4) is 0 Å². The molecule has 36 heavy (non-hydrogen) atoms. The fourth-order valence-corrected chi connectivity index (χ4v) is 4.59. The minimum Gasteiger partial charge on any atom is -0.493 e. The number of hydrogen-bond donors (Lipinski definition) is 1. The Labute approximate surface area is 212 Å². The van der Waals surface area contributed by atoms with Gasteiger partial charge >= 0.3 is 5.24 Å². The van der Waals surface area contributed by atoms with Crippen molar-refractivity contribution in [2.75, 3.05) is 19.3 Å². The van der Waals surface area contributed by atoms with Gasteiger partial charge in [0.2, 0.25) is 6.86 Å². The van der Waals surface area contributed by atoms with Crippen LogP contribution in [-0.4, -0.2) is 46.1 Å². The number of hydrazone groups is 1. The number of carbonyl (C=O) groups is 2. The van der Waals surface area contributed by atoms with Crippen molar-refractivity contribution in [3.63, 3.8) is 0 Å². The van der Waals surface area contributed by atoms with Gasteiger partial charge in [-0.2, -0.15) is 5.10 Å². The third-order valence-corrected chi connectivity index (χ3v) is 6.72. The van der Waals surface area contributed by atoms with Crippen LogP contribution in [0.5, 0.6) is 11.5 Å². The zero-order chi connectivity index (χ0) is 25.5. The second-order valence-corrected chi connectivity index (χ2v) is 8.96. The van der Waals surface area contributed by atoms with Gasteiger partial charge in [0.25, 0.3) is 5.91 Å². The molecule has 1 aromatic heterocycles. The summed E-state index contributed by atoms with van der Waals surface area (Å²) in [6, 6.07) is 17.5. The SMILES string of the molecule is CCC1SC(=O)N(Cc2ccc(NC(=O)c3ccccn3)cc2)N=C1c1ccc(OC)c(OCF)c1. The molecule has 1 atom stereocenters. The number of aromatic nitrogens is 1. The molecule has 1 aliphatic rings. The average Bonchev–Trinajstić information content (AvgIpc) is 2.91. The molecular weight excluding hydrogens is 483 g/mol. The molecule has 4 rings (SSSR count). The summed E-state index contributed by atoms with van der Waals surface area (Å²) in [5.74, 6) is 0.380. The van der Waals surface area contributed by atoms with Crippen molar-refractivity contribution < 1.29 is 23.5 Å². The van der Waals surface area contributed by atoms with Crippen LogP contribution >= 0.6 is 11.8 Å². The highest BCUT2D eigenvalue weighted by molar-refractivity contribution is 8.14. The van der Waals surface area contributed by atoms with E-state index in [1.807, 2.05) is 25.1 Å². The Balaban J connectivity index is 1.52. The number of nitrogens with one attached hydrogen (secondary N) is 1. The summed E-state index contributed by atoms with van der Waals surface area (Å²) < 4.78 is 23.2. The van der Waals surface area contributed by atoms with Gasteiger partial charge in [-0.15, -0.1) is 0 Å². The van der Waals surface area contributed by atoms with Crippen molar-refractivity contribution in [2.45, 2.75) is 25.1 Å². The molecule has 0 saturated heterocycles. The van der Waals surface area contributed by atoms with Crippen molar-refractivity contribution in [3.05, 3.63) is 83.7 Å². The Kier molecular flexibility index (Phi) is 8.17. The summed E-state index contributed by atoms with van der Waals surface area (Å²) in [6.07, 6.45) is 2.25. The first-order valence-corrected chi connectivity index (χ1v) is 12.2. The number of nitrogens with zero attached hydrogens (tertiary/aromatic N) is 3. The number of carbonyl (C=O) groups excluding carboxylic acids is 2. The molecule has 0 fully saturated rings. The maximum absolute atomic E-state index is 12.9. The molecule has 0 aliphatic carbocycles. The van der Waals surface area contributed by atoms with Crippen molar-refractivity contribution >= 4 is 34.3 Å². The van der Waals surface area contributed by atoms with Gasteiger partial charge in [-0.3, -0.25) is 14.6 Å².